The summed E-state index contributed by atoms with van der Waals surface area (Å²) < 4.78 is 10.5. The molecule has 4 nitrogen and oxygen atoms in total. The Hall–Kier alpha value is -1.39. The quantitative estimate of drug-likeness (QED) is 0.794. The van der Waals surface area contributed by atoms with Crippen LogP contribution in [0.2, 0.25) is 0 Å². The minimum atomic E-state index is -0.183. The Morgan fingerprint density at radius 1 is 1.41 bits per heavy atom. The van der Waals surface area contributed by atoms with Crippen molar-refractivity contribution in [3.05, 3.63) is 35.9 Å². The Labute approximate surface area is 101 Å². The van der Waals surface area contributed by atoms with Crippen LogP contribution in [-0.2, 0) is 20.9 Å². The zero-order valence-electron chi connectivity index (χ0n) is 9.72. The highest BCUT2D eigenvalue weighted by molar-refractivity contribution is 5.70. The second-order valence-corrected chi connectivity index (χ2v) is 4.08. The van der Waals surface area contributed by atoms with E-state index in [1.165, 1.54) is 0 Å². The molecule has 1 heterocycles. The first-order valence-electron chi connectivity index (χ1n) is 5.85. The molecule has 92 valence electrons. The number of morpholine rings is 1. The average molecular weight is 235 g/mol. The molecular weight excluding hydrogens is 218 g/mol. The number of rotatable bonds is 4. The topological polar surface area (TPSA) is 47.6 Å². The maximum absolute atomic E-state index is 11.6. The third-order valence-corrected chi connectivity index (χ3v) is 2.65. The van der Waals surface area contributed by atoms with E-state index < -0.39 is 0 Å². The van der Waals surface area contributed by atoms with E-state index in [1.807, 2.05) is 30.3 Å². The van der Waals surface area contributed by atoms with Crippen molar-refractivity contribution in [3.63, 3.8) is 0 Å². The van der Waals surface area contributed by atoms with Crippen LogP contribution in [0, 0.1) is 0 Å². The molecule has 4 heteroatoms. The van der Waals surface area contributed by atoms with E-state index in [1.54, 1.807) is 0 Å². The van der Waals surface area contributed by atoms with Crippen molar-refractivity contribution in [1.82, 2.24) is 5.32 Å². The normalized spacial score (nSPS) is 19.9. The SMILES string of the molecule is O=C(CC1COCCN1)OCc1ccccc1. The van der Waals surface area contributed by atoms with E-state index in [9.17, 15) is 4.79 Å². The molecule has 0 aliphatic carbocycles. The van der Waals surface area contributed by atoms with Gasteiger partial charge in [-0.05, 0) is 5.56 Å². The first kappa shape index (κ1) is 12.1. The van der Waals surface area contributed by atoms with Crippen LogP contribution in [0.1, 0.15) is 12.0 Å². The van der Waals surface area contributed by atoms with E-state index in [0.29, 0.717) is 19.6 Å². The van der Waals surface area contributed by atoms with Crippen LogP contribution in [-0.4, -0.2) is 31.8 Å². The molecular formula is C13H17NO3. The number of carbonyl (C=O) groups excluding carboxylic acids is 1. The molecule has 0 radical (unpaired) electrons. The van der Waals surface area contributed by atoms with Gasteiger partial charge in [-0.1, -0.05) is 30.3 Å². The van der Waals surface area contributed by atoms with Crippen molar-refractivity contribution in [2.24, 2.45) is 0 Å². The number of nitrogens with one attached hydrogen (secondary N) is 1. The molecule has 1 saturated heterocycles. The highest BCUT2D eigenvalue weighted by Gasteiger charge is 2.17. The summed E-state index contributed by atoms with van der Waals surface area (Å²) in [5.74, 6) is -0.183. The maximum Gasteiger partial charge on any atom is 0.307 e. The van der Waals surface area contributed by atoms with E-state index >= 15 is 0 Å². The fourth-order valence-electron chi connectivity index (χ4n) is 1.75. The van der Waals surface area contributed by atoms with Crippen molar-refractivity contribution in [2.75, 3.05) is 19.8 Å². The number of ether oxygens (including phenoxy) is 2. The minimum Gasteiger partial charge on any atom is -0.461 e. The second kappa shape index (κ2) is 6.37. The van der Waals surface area contributed by atoms with Gasteiger partial charge in [0.2, 0.25) is 0 Å². The number of esters is 1. The van der Waals surface area contributed by atoms with Gasteiger partial charge in [-0.25, -0.2) is 0 Å². The van der Waals surface area contributed by atoms with Crippen LogP contribution in [0.4, 0.5) is 0 Å². The summed E-state index contributed by atoms with van der Waals surface area (Å²) in [4.78, 5) is 11.6. The van der Waals surface area contributed by atoms with E-state index in [-0.39, 0.29) is 12.0 Å². The van der Waals surface area contributed by atoms with Gasteiger partial charge in [-0.3, -0.25) is 4.79 Å². The molecule has 0 aromatic heterocycles. The molecule has 2 rings (SSSR count). The second-order valence-electron chi connectivity index (χ2n) is 4.08. The van der Waals surface area contributed by atoms with Crippen LogP contribution >= 0.6 is 0 Å². The van der Waals surface area contributed by atoms with Crippen molar-refractivity contribution >= 4 is 5.97 Å². The fourth-order valence-corrected chi connectivity index (χ4v) is 1.75. The predicted molar refractivity (Wildman–Crippen MR) is 63.5 cm³/mol. The molecule has 17 heavy (non-hydrogen) atoms. The standard InChI is InChI=1S/C13H17NO3/c15-13(8-12-10-16-7-6-14-12)17-9-11-4-2-1-3-5-11/h1-5,12,14H,6-10H2. The molecule has 0 amide bonds. The maximum atomic E-state index is 11.6. The van der Waals surface area contributed by atoms with Gasteiger partial charge in [-0.2, -0.15) is 0 Å². The first-order valence-corrected chi connectivity index (χ1v) is 5.85. The summed E-state index contributed by atoms with van der Waals surface area (Å²) in [5.41, 5.74) is 1.01. The third-order valence-electron chi connectivity index (χ3n) is 2.65. The number of hydrogen-bond acceptors (Lipinski definition) is 4. The van der Waals surface area contributed by atoms with Crippen molar-refractivity contribution in [1.29, 1.82) is 0 Å². The van der Waals surface area contributed by atoms with Crippen molar-refractivity contribution in [2.45, 2.75) is 19.1 Å². The molecule has 0 spiro atoms. The lowest BCUT2D eigenvalue weighted by atomic mass is 10.2. The van der Waals surface area contributed by atoms with Crippen LogP contribution in [0.3, 0.4) is 0 Å². The fraction of sp³-hybridized carbons (Fsp3) is 0.462. The van der Waals surface area contributed by atoms with E-state index in [4.69, 9.17) is 9.47 Å². The molecule has 1 aromatic rings. The van der Waals surface area contributed by atoms with Crippen molar-refractivity contribution in [3.8, 4) is 0 Å². The monoisotopic (exact) mass is 235 g/mol. The highest BCUT2D eigenvalue weighted by Crippen LogP contribution is 2.04. The summed E-state index contributed by atoms with van der Waals surface area (Å²) in [6, 6.07) is 9.77. The Bertz CT molecular complexity index is 347. The average Bonchev–Trinajstić information content (AvgIpc) is 2.39. The molecule has 1 aromatic carbocycles. The molecule has 1 unspecified atom stereocenters. The number of hydrogen-bond donors (Lipinski definition) is 1. The molecule has 1 atom stereocenters. The smallest absolute Gasteiger partial charge is 0.307 e. The third kappa shape index (κ3) is 4.17. The first-order chi connectivity index (χ1) is 8.34. The molecule has 0 bridgehead atoms. The molecule has 1 N–H and O–H groups in total. The summed E-state index contributed by atoms with van der Waals surface area (Å²) in [6.45, 7) is 2.44. The van der Waals surface area contributed by atoms with Crippen molar-refractivity contribution < 1.29 is 14.3 Å². The van der Waals surface area contributed by atoms with Gasteiger partial charge in [0.1, 0.15) is 6.61 Å². The Morgan fingerprint density at radius 3 is 2.94 bits per heavy atom. The lowest BCUT2D eigenvalue weighted by molar-refractivity contribution is -0.146. The van der Waals surface area contributed by atoms with Gasteiger partial charge in [0.25, 0.3) is 0 Å². The number of carbonyl (C=O) groups is 1. The van der Waals surface area contributed by atoms with Gasteiger partial charge in [0, 0.05) is 12.6 Å². The summed E-state index contributed by atoms with van der Waals surface area (Å²) in [7, 11) is 0. The Kier molecular flexibility index (Phi) is 4.53. The molecule has 1 fully saturated rings. The summed E-state index contributed by atoms with van der Waals surface area (Å²) >= 11 is 0. The lowest BCUT2D eigenvalue weighted by Crippen LogP contribution is -2.42. The predicted octanol–water partition coefficient (Wildman–Crippen LogP) is 1.11. The van der Waals surface area contributed by atoms with Crippen LogP contribution in [0.5, 0.6) is 0 Å². The zero-order chi connectivity index (χ0) is 11.9. The minimum absolute atomic E-state index is 0.0898. The van der Waals surface area contributed by atoms with E-state index in [2.05, 4.69) is 5.32 Å². The molecule has 1 aliphatic rings. The van der Waals surface area contributed by atoms with Crippen LogP contribution in [0.25, 0.3) is 0 Å². The lowest BCUT2D eigenvalue weighted by Gasteiger charge is -2.22. The Balaban J connectivity index is 1.70. The zero-order valence-corrected chi connectivity index (χ0v) is 9.72. The highest BCUT2D eigenvalue weighted by atomic mass is 16.5. The summed E-state index contributed by atoms with van der Waals surface area (Å²) in [6.07, 6.45) is 0.368. The largest absolute Gasteiger partial charge is 0.461 e. The van der Waals surface area contributed by atoms with Crippen LogP contribution in [0.15, 0.2) is 30.3 Å². The van der Waals surface area contributed by atoms with Gasteiger partial charge < -0.3 is 14.8 Å². The number of benzene rings is 1. The van der Waals surface area contributed by atoms with E-state index in [0.717, 1.165) is 18.7 Å². The van der Waals surface area contributed by atoms with Gasteiger partial charge in [-0.15, -0.1) is 0 Å². The van der Waals surface area contributed by atoms with Gasteiger partial charge >= 0.3 is 5.97 Å². The van der Waals surface area contributed by atoms with Gasteiger partial charge in [0.15, 0.2) is 0 Å². The molecule has 1 aliphatic heterocycles. The van der Waals surface area contributed by atoms with Gasteiger partial charge in [0.05, 0.1) is 19.6 Å². The Morgan fingerprint density at radius 2 is 2.24 bits per heavy atom. The summed E-state index contributed by atoms with van der Waals surface area (Å²) in [5, 5.41) is 3.22. The molecule has 0 saturated carbocycles. The van der Waals surface area contributed by atoms with Crippen LogP contribution < -0.4 is 5.32 Å².